The van der Waals surface area contributed by atoms with E-state index in [4.69, 9.17) is 9.15 Å². The summed E-state index contributed by atoms with van der Waals surface area (Å²) < 4.78 is 10.6. The lowest BCUT2D eigenvalue weighted by Crippen LogP contribution is -2.10. The van der Waals surface area contributed by atoms with Gasteiger partial charge in [0.1, 0.15) is 6.10 Å². The Bertz CT molecular complexity index is 734. The summed E-state index contributed by atoms with van der Waals surface area (Å²) in [5.41, 5.74) is 1.95. The van der Waals surface area contributed by atoms with Gasteiger partial charge in [0, 0.05) is 5.39 Å². The van der Waals surface area contributed by atoms with Crippen molar-refractivity contribution in [3.8, 4) is 0 Å². The molecule has 0 unspecified atom stereocenters. The molecule has 0 N–H and O–H groups in total. The van der Waals surface area contributed by atoms with E-state index in [1.165, 1.54) is 0 Å². The second-order valence-corrected chi connectivity index (χ2v) is 4.48. The number of carbonyl (C=O) groups is 1. The van der Waals surface area contributed by atoms with E-state index in [2.05, 4.69) is 4.98 Å². The molecule has 4 heteroatoms. The van der Waals surface area contributed by atoms with Crippen LogP contribution in [-0.2, 0) is 4.74 Å². The molecule has 3 rings (SSSR count). The largest absolute Gasteiger partial charge is 0.463 e. The van der Waals surface area contributed by atoms with Gasteiger partial charge in [-0.3, -0.25) is 4.98 Å². The maximum absolute atomic E-state index is 12.0. The molecule has 4 nitrogen and oxygen atoms in total. The van der Waals surface area contributed by atoms with E-state index >= 15 is 0 Å². The van der Waals surface area contributed by atoms with E-state index < -0.39 is 6.10 Å². The number of furan rings is 1. The van der Waals surface area contributed by atoms with Crippen molar-refractivity contribution in [2.75, 3.05) is 0 Å². The summed E-state index contributed by atoms with van der Waals surface area (Å²) in [4.78, 5) is 16.2. The van der Waals surface area contributed by atoms with Crippen LogP contribution in [0.15, 0.2) is 59.3 Å². The molecule has 20 heavy (non-hydrogen) atoms. The van der Waals surface area contributed by atoms with Gasteiger partial charge in [-0.05, 0) is 31.2 Å². The lowest BCUT2D eigenvalue weighted by Gasteiger charge is -2.12. The minimum Gasteiger partial charge on any atom is -0.463 e. The number of esters is 1. The summed E-state index contributed by atoms with van der Waals surface area (Å²) >= 11 is 0. The molecule has 3 aromatic rings. The van der Waals surface area contributed by atoms with Crippen LogP contribution in [0.2, 0.25) is 0 Å². The molecule has 0 bridgehead atoms. The van der Waals surface area contributed by atoms with Crippen LogP contribution in [-0.4, -0.2) is 11.0 Å². The van der Waals surface area contributed by atoms with Gasteiger partial charge in [-0.25, -0.2) is 4.79 Å². The number of ether oxygens (including phenoxy) is 1. The number of nitrogens with zero attached hydrogens (tertiary/aromatic N) is 1. The average Bonchev–Trinajstić information content (AvgIpc) is 2.95. The Balaban J connectivity index is 1.78. The Morgan fingerprint density at radius 3 is 2.85 bits per heavy atom. The van der Waals surface area contributed by atoms with Crippen LogP contribution in [0.25, 0.3) is 11.0 Å². The summed E-state index contributed by atoms with van der Waals surface area (Å²) in [6.45, 7) is 1.80. The van der Waals surface area contributed by atoms with E-state index in [1.807, 2.05) is 18.2 Å². The summed E-state index contributed by atoms with van der Waals surface area (Å²) in [5, 5.41) is 0.942. The molecule has 2 aromatic heterocycles. The number of carbonyl (C=O) groups excluding carboxylic acids is 1. The van der Waals surface area contributed by atoms with Gasteiger partial charge < -0.3 is 9.15 Å². The summed E-state index contributed by atoms with van der Waals surface area (Å²) in [6, 6.07) is 12.6. The number of aromatic nitrogens is 1. The minimum atomic E-state index is -0.415. The molecule has 0 saturated heterocycles. The molecule has 0 saturated carbocycles. The zero-order valence-electron chi connectivity index (χ0n) is 10.9. The average molecular weight is 267 g/mol. The fraction of sp³-hybridized carbons (Fsp3) is 0.125. The quantitative estimate of drug-likeness (QED) is 0.678. The summed E-state index contributed by atoms with van der Waals surface area (Å²) in [6.07, 6.45) is 2.83. The lowest BCUT2D eigenvalue weighted by atomic mass is 10.2. The smallest absolute Gasteiger partial charge is 0.338 e. The number of pyridine rings is 1. The third kappa shape index (κ3) is 2.40. The standard InChI is InChI=1S/C16H13NO3/c1-11(20-16(18)12-5-3-2-4-6-12)14-9-13-7-8-19-15(13)10-17-14/h2-11H,1H3/t11-/m0/s1. The normalized spacial score (nSPS) is 12.2. The Labute approximate surface area is 116 Å². The molecule has 1 atom stereocenters. The molecular formula is C16H13NO3. The van der Waals surface area contributed by atoms with Gasteiger partial charge in [-0.2, -0.15) is 0 Å². The van der Waals surface area contributed by atoms with Crippen LogP contribution < -0.4 is 0 Å². The maximum atomic E-state index is 12.0. The van der Waals surface area contributed by atoms with E-state index in [0.29, 0.717) is 11.3 Å². The Morgan fingerprint density at radius 1 is 1.25 bits per heavy atom. The third-order valence-corrected chi connectivity index (χ3v) is 3.07. The highest BCUT2D eigenvalue weighted by Crippen LogP contribution is 2.21. The monoisotopic (exact) mass is 267 g/mol. The van der Waals surface area contributed by atoms with Crippen LogP contribution >= 0.6 is 0 Å². The lowest BCUT2D eigenvalue weighted by molar-refractivity contribution is 0.0329. The number of fused-ring (bicyclic) bond motifs is 1. The van der Waals surface area contributed by atoms with Gasteiger partial charge in [0.15, 0.2) is 5.58 Å². The van der Waals surface area contributed by atoms with E-state index in [1.54, 1.807) is 43.6 Å². The van der Waals surface area contributed by atoms with Gasteiger partial charge in [0.05, 0.1) is 23.7 Å². The highest BCUT2D eigenvalue weighted by molar-refractivity contribution is 5.89. The second-order valence-electron chi connectivity index (χ2n) is 4.48. The maximum Gasteiger partial charge on any atom is 0.338 e. The predicted octanol–water partition coefficient (Wildman–Crippen LogP) is 3.75. The van der Waals surface area contributed by atoms with Crippen LogP contribution in [0.5, 0.6) is 0 Å². The number of rotatable bonds is 3. The Kier molecular flexibility index (Phi) is 3.21. The molecule has 0 spiro atoms. The van der Waals surface area contributed by atoms with Crippen molar-refractivity contribution in [3.05, 3.63) is 66.2 Å². The van der Waals surface area contributed by atoms with Gasteiger partial charge in [-0.15, -0.1) is 0 Å². The van der Waals surface area contributed by atoms with E-state index in [-0.39, 0.29) is 5.97 Å². The first-order valence-corrected chi connectivity index (χ1v) is 6.33. The van der Waals surface area contributed by atoms with Crippen molar-refractivity contribution in [2.24, 2.45) is 0 Å². The van der Waals surface area contributed by atoms with Crippen molar-refractivity contribution < 1.29 is 13.9 Å². The van der Waals surface area contributed by atoms with E-state index in [0.717, 1.165) is 11.0 Å². The first-order chi connectivity index (χ1) is 9.74. The molecule has 0 fully saturated rings. The molecule has 1 aromatic carbocycles. The summed E-state index contributed by atoms with van der Waals surface area (Å²) in [7, 11) is 0. The van der Waals surface area contributed by atoms with Gasteiger partial charge in [0.2, 0.25) is 0 Å². The molecular weight excluding hydrogens is 254 g/mol. The highest BCUT2D eigenvalue weighted by atomic mass is 16.5. The SMILES string of the molecule is C[C@H](OC(=O)c1ccccc1)c1cc2ccoc2cn1. The zero-order chi connectivity index (χ0) is 13.9. The first kappa shape index (κ1) is 12.4. The number of hydrogen-bond acceptors (Lipinski definition) is 4. The van der Waals surface area contributed by atoms with Crippen molar-refractivity contribution >= 4 is 16.9 Å². The fourth-order valence-corrected chi connectivity index (χ4v) is 1.97. The Hall–Kier alpha value is -2.62. The zero-order valence-corrected chi connectivity index (χ0v) is 10.9. The van der Waals surface area contributed by atoms with Crippen LogP contribution in [0, 0.1) is 0 Å². The Morgan fingerprint density at radius 2 is 2.05 bits per heavy atom. The number of hydrogen-bond donors (Lipinski definition) is 0. The van der Waals surface area contributed by atoms with Gasteiger partial charge >= 0.3 is 5.97 Å². The predicted molar refractivity (Wildman–Crippen MR) is 74.3 cm³/mol. The molecule has 0 radical (unpaired) electrons. The third-order valence-electron chi connectivity index (χ3n) is 3.07. The van der Waals surface area contributed by atoms with Gasteiger partial charge in [0.25, 0.3) is 0 Å². The molecule has 0 amide bonds. The molecule has 2 heterocycles. The molecule has 100 valence electrons. The van der Waals surface area contributed by atoms with Crippen molar-refractivity contribution in [1.29, 1.82) is 0 Å². The second kappa shape index (κ2) is 5.17. The van der Waals surface area contributed by atoms with Crippen LogP contribution in [0.3, 0.4) is 0 Å². The summed E-state index contributed by atoms with van der Waals surface area (Å²) in [5.74, 6) is -0.354. The fourth-order valence-electron chi connectivity index (χ4n) is 1.97. The topological polar surface area (TPSA) is 52.3 Å². The van der Waals surface area contributed by atoms with Gasteiger partial charge in [-0.1, -0.05) is 18.2 Å². The molecule has 0 aliphatic rings. The first-order valence-electron chi connectivity index (χ1n) is 6.33. The van der Waals surface area contributed by atoms with Crippen LogP contribution in [0.1, 0.15) is 29.1 Å². The van der Waals surface area contributed by atoms with Crippen molar-refractivity contribution in [2.45, 2.75) is 13.0 Å². The molecule has 0 aliphatic heterocycles. The number of benzene rings is 1. The van der Waals surface area contributed by atoms with Crippen molar-refractivity contribution in [3.63, 3.8) is 0 Å². The highest BCUT2D eigenvalue weighted by Gasteiger charge is 2.15. The molecule has 0 aliphatic carbocycles. The van der Waals surface area contributed by atoms with E-state index in [9.17, 15) is 4.79 Å². The van der Waals surface area contributed by atoms with Crippen molar-refractivity contribution in [1.82, 2.24) is 4.98 Å². The van der Waals surface area contributed by atoms with Crippen LogP contribution in [0.4, 0.5) is 0 Å². The minimum absolute atomic E-state index is 0.354.